The lowest BCUT2D eigenvalue weighted by Gasteiger charge is -2.10. The zero-order valence-electron chi connectivity index (χ0n) is 8.82. The van der Waals surface area contributed by atoms with E-state index in [1.165, 1.54) is 0 Å². The number of ether oxygens (including phenoxy) is 2. The van der Waals surface area contributed by atoms with Crippen molar-refractivity contribution < 1.29 is 14.3 Å². The third-order valence-corrected chi connectivity index (χ3v) is 3.16. The summed E-state index contributed by atoms with van der Waals surface area (Å²) in [6.45, 7) is 1.15. The van der Waals surface area contributed by atoms with Gasteiger partial charge in [0.05, 0.1) is 11.7 Å². The summed E-state index contributed by atoms with van der Waals surface area (Å²) in [7, 11) is 0. The molecule has 1 aromatic carbocycles. The van der Waals surface area contributed by atoms with E-state index in [2.05, 4.69) is 22.6 Å². The maximum absolute atomic E-state index is 11.7. The van der Waals surface area contributed by atoms with Gasteiger partial charge in [-0.3, -0.25) is 0 Å². The molecular formula is C12H13IO3. The Hall–Kier alpha value is -0.620. The largest absolute Gasteiger partial charge is 0.459 e. The molecule has 0 spiro atoms. The minimum absolute atomic E-state index is 0.0896. The van der Waals surface area contributed by atoms with Crippen LogP contribution in [0.5, 0.6) is 0 Å². The Morgan fingerprint density at radius 2 is 2.44 bits per heavy atom. The average Bonchev–Trinajstić information content (AvgIpc) is 2.78. The van der Waals surface area contributed by atoms with Crippen molar-refractivity contribution in [1.82, 2.24) is 0 Å². The molecule has 1 atom stereocenters. The van der Waals surface area contributed by atoms with Crippen LogP contribution in [0.3, 0.4) is 0 Å². The maximum atomic E-state index is 11.7. The van der Waals surface area contributed by atoms with Gasteiger partial charge in [-0.1, -0.05) is 6.07 Å². The zero-order valence-corrected chi connectivity index (χ0v) is 11.0. The van der Waals surface area contributed by atoms with Gasteiger partial charge in [-0.2, -0.15) is 0 Å². The summed E-state index contributed by atoms with van der Waals surface area (Å²) in [6, 6.07) is 7.38. The van der Waals surface area contributed by atoms with E-state index in [-0.39, 0.29) is 12.1 Å². The van der Waals surface area contributed by atoms with Crippen molar-refractivity contribution in [1.29, 1.82) is 0 Å². The van der Waals surface area contributed by atoms with Crippen LogP contribution in [-0.4, -0.2) is 25.3 Å². The van der Waals surface area contributed by atoms with Crippen LogP contribution in [0.4, 0.5) is 0 Å². The quantitative estimate of drug-likeness (QED) is 0.631. The summed E-state index contributed by atoms with van der Waals surface area (Å²) in [4.78, 5) is 11.7. The van der Waals surface area contributed by atoms with E-state index >= 15 is 0 Å². The van der Waals surface area contributed by atoms with E-state index in [0.29, 0.717) is 12.2 Å². The fourth-order valence-corrected chi connectivity index (χ4v) is 2.19. The van der Waals surface area contributed by atoms with Gasteiger partial charge in [0, 0.05) is 10.2 Å². The lowest BCUT2D eigenvalue weighted by atomic mass is 10.2. The van der Waals surface area contributed by atoms with Crippen LogP contribution in [-0.2, 0) is 9.47 Å². The molecule has 1 saturated heterocycles. The molecule has 0 aromatic heterocycles. The number of carbonyl (C=O) groups is 1. The van der Waals surface area contributed by atoms with Crippen molar-refractivity contribution in [3.8, 4) is 0 Å². The van der Waals surface area contributed by atoms with Crippen LogP contribution in [0, 0.1) is 3.57 Å². The highest BCUT2D eigenvalue weighted by atomic mass is 127. The lowest BCUT2D eigenvalue weighted by Crippen LogP contribution is -2.17. The fourth-order valence-electron chi connectivity index (χ4n) is 1.64. The second-order valence-electron chi connectivity index (χ2n) is 3.74. The van der Waals surface area contributed by atoms with Crippen LogP contribution in [0.15, 0.2) is 24.3 Å². The van der Waals surface area contributed by atoms with Crippen LogP contribution in [0.25, 0.3) is 0 Å². The third-order valence-electron chi connectivity index (χ3n) is 2.48. The molecule has 0 aliphatic carbocycles. The Kier molecular flexibility index (Phi) is 4.17. The minimum Gasteiger partial charge on any atom is -0.459 e. The predicted octanol–water partition coefficient (Wildman–Crippen LogP) is 2.63. The summed E-state index contributed by atoms with van der Waals surface area (Å²) in [5.41, 5.74) is 0.602. The van der Waals surface area contributed by atoms with E-state index in [9.17, 15) is 4.79 Å². The first-order chi connectivity index (χ1) is 7.75. The van der Waals surface area contributed by atoms with Crippen molar-refractivity contribution in [3.05, 3.63) is 33.4 Å². The van der Waals surface area contributed by atoms with Crippen molar-refractivity contribution in [2.45, 2.75) is 18.9 Å². The van der Waals surface area contributed by atoms with Gasteiger partial charge in [-0.15, -0.1) is 0 Å². The Labute approximate surface area is 108 Å². The van der Waals surface area contributed by atoms with Crippen molar-refractivity contribution in [2.24, 2.45) is 0 Å². The molecule has 16 heavy (non-hydrogen) atoms. The number of benzene rings is 1. The molecule has 4 heteroatoms. The van der Waals surface area contributed by atoms with Gasteiger partial charge < -0.3 is 9.47 Å². The summed E-state index contributed by atoms with van der Waals surface area (Å²) < 4.78 is 11.6. The van der Waals surface area contributed by atoms with Crippen molar-refractivity contribution in [3.63, 3.8) is 0 Å². The fraction of sp³-hybridized carbons (Fsp3) is 0.417. The van der Waals surface area contributed by atoms with Gasteiger partial charge >= 0.3 is 5.97 Å². The van der Waals surface area contributed by atoms with E-state index < -0.39 is 0 Å². The Bertz CT molecular complexity index is 372. The molecule has 1 aliphatic rings. The summed E-state index contributed by atoms with van der Waals surface area (Å²) in [5.74, 6) is -0.269. The van der Waals surface area contributed by atoms with Crippen LogP contribution in [0.2, 0.25) is 0 Å². The number of rotatable bonds is 3. The first-order valence-corrected chi connectivity index (χ1v) is 6.38. The number of hydrogen-bond acceptors (Lipinski definition) is 3. The second-order valence-corrected chi connectivity index (χ2v) is 4.99. The maximum Gasteiger partial charge on any atom is 0.338 e. The highest BCUT2D eigenvalue weighted by Crippen LogP contribution is 2.14. The van der Waals surface area contributed by atoms with E-state index in [4.69, 9.17) is 9.47 Å². The smallest absolute Gasteiger partial charge is 0.338 e. The van der Waals surface area contributed by atoms with Gasteiger partial charge in [0.25, 0.3) is 0 Å². The molecule has 0 N–H and O–H groups in total. The van der Waals surface area contributed by atoms with Crippen molar-refractivity contribution >= 4 is 28.6 Å². The first-order valence-electron chi connectivity index (χ1n) is 5.30. The number of carbonyl (C=O) groups excluding carboxylic acids is 1. The molecule has 3 nitrogen and oxygen atoms in total. The highest BCUT2D eigenvalue weighted by Gasteiger charge is 2.18. The van der Waals surface area contributed by atoms with Gasteiger partial charge in [-0.05, 0) is 53.6 Å². The van der Waals surface area contributed by atoms with Gasteiger partial charge in [-0.25, -0.2) is 4.79 Å². The van der Waals surface area contributed by atoms with Crippen LogP contribution < -0.4 is 0 Å². The van der Waals surface area contributed by atoms with E-state index in [1.54, 1.807) is 6.07 Å². The molecule has 1 unspecified atom stereocenters. The summed E-state index contributed by atoms with van der Waals surface area (Å²) in [5, 5.41) is 0. The number of esters is 1. The minimum atomic E-state index is -0.269. The Morgan fingerprint density at radius 3 is 3.12 bits per heavy atom. The van der Waals surface area contributed by atoms with Gasteiger partial charge in [0.1, 0.15) is 6.61 Å². The first kappa shape index (κ1) is 11.9. The third kappa shape index (κ3) is 3.18. The molecule has 1 aliphatic heterocycles. The van der Waals surface area contributed by atoms with E-state index in [0.717, 1.165) is 23.0 Å². The number of hydrogen-bond donors (Lipinski definition) is 0. The molecule has 86 valence electrons. The topological polar surface area (TPSA) is 35.5 Å². The molecule has 2 rings (SSSR count). The molecule has 1 heterocycles. The Morgan fingerprint density at radius 1 is 1.56 bits per heavy atom. The van der Waals surface area contributed by atoms with Gasteiger partial charge in [0.2, 0.25) is 0 Å². The molecule has 1 fully saturated rings. The average molecular weight is 332 g/mol. The molecule has 0 bridgehead atoms. The number of halogens is 1. The normalized spacial score (nSPS) is 19.7. The predicted molar refractivity (Wildman–Crippen MR) is 68.4 cm³/mol. The van der Waals surface area contributed by atoms with Crippen LogP contribution in [0.1, 0.15) is 23.2 Å². The zero-order chi connectivity index (χ0) is 11.4. The standard InChI is InChI=1S/C12H13IO3/c13-10-4-1-3-9(7-10)12(14)16-8-11-5-2-6-15-11/h1,3-4,7,11H,2,5-6,8H2. The SMILES string of the molecule is O=C(OCC1CCCO1)c1cccc(I)c1. The van der Waals surface area contributed by atoms with Crippen molar-refractivity contribution in [2.75, 3.05) is 13.2 Å². The molecule has 0 radical (unpaired) electrons. The molecular weight excluding hydrogens is 319 g/mol. The van der Waals surface area contributed by atoms with Gasteiger partial charge in [0.15, 0.2) is 0 Å². The summed E-state index contributed by atoms with van der Waals surface area (Å²) >= 11 is 2.17. The lowest BCUT2D eigenvalue weighted by molar-refractivity contribution is 0.0161. The van der Waals surface area contributed by atoms with E-state index in [1.807, 2.05) is 18.2 Å². The van der Waals surface area contributed by atoms with Crippen LogP contribution >= 0.6 is 22.6 Å². The summed E-state index contributed by atoms with van der Waals surface area (Å²) in [6.07, 6.45) is 2.14. The monoisotopic (exact) mass is 332 g/mol. The molecule has 1 aromatic rings. The second kappa shape index (κ2) is 5.63. The molecule has 0 saturated carbocycles. The highest BCUT2D eigenvalue weighted by molar-refractivity contribution is 14.1. The Balaban J connectivity index is 1.87. The molecule has 0 amide bonds.